The van der Waals surface area contributed by atoms with Crippen molar-refractivity contribution in [2.24, 2.45) is 5.41 Å². The van der Waals surface area contributed by atoms with Crippen molar-refractivity contribution in [1.29, 1.82) is 5.26 Å². The Kier molecular flexibility index (Phi) is 20.8. The number of aromatic nitrogens is 5. The van der Waals surface area contributed by atoms with Crippen molar-refractivity contribution in [2.75, 3.05) is 89.4 Å². The van der Waals surface area contributed by atoms with Crippen molar-refractivity contribution in [3.05, 3.63) is 113 Å². The zero-order valence-corrected chi connectivity index (χ0v) is 42.4. The van der Waals surface area contributed by atoms with Gasteiger partial charge in [0, 0.05) is 67.2 Å². The number of benzene rings is 1. The Balaban J connectivity index is 0.746. The number of Topliss-reactive ketones (excluding diaryl/α,β-unsaturated/α-hetero) is 1. The third-order valence-electron chi connectivity index (χ3n) is 11.5. The van der Waals surface area contributed by atoms with Gasteiger partial charge in [0.15, 0.2) is 5.78 Å². The van der Waals surface area contributed by atoms with E-state index < -0.39 is 23.5 Å². The molecule has 4 aromatic heterocycles. The highest BCUT2D eigenvalue weighted by Crippen LogP contribution is 2.40. The smallest absolute Gasteiger partial charge is 0.326 e. The van der Waals surface area contributed by atoms with Crippen molar-refractivity contribution in [1.82, 2.24) is 35.6 Å². The molecule has 1 aromatic carbocycles. The van der Waals surface area contributed by atoms with Gasteiger partial charge < -0.3 is 54.4 Å². The van der Waals surface area contributed by atoms with Crippen molar-refractivity contribution in [3.8, 4) is 29.0 Å². The number of hydrogen-bond donors (Lipinski definition) is 4. The van der Waals surface area contributed by atoms with E-state index in [-0.39, 0.29) is 41.7 Å². The van der Waals surface area contributed by atoms with Crippen LogP contribution < -0.4 is 25.6 Å². The second-order valence-corrected chi connectivity index (χ2v) is 18.7. The Morgan fingerprint density at radius 1 is 0.770 bits per heavy atom. The Morgan fingerprint density at radius 2 is 1.43 bits per heavy atom. The number of nitrogens with one attached hydrogen (secondary N) is 3. The van der Waals surface area contributed by atoms with Gasteiger partial charge in [-0.2, -0.15) is 5.26 Å². The Bertz CT molecular complexity index is 2690. The first-order valence-corrected chi connectivity index (χ1v) is 24.3. The average Bonchev–Trinajstić information content (AvgIpc) is 3.57. The SMILES string of the molecule is CC(C)(C)CC[C@H](NC(=O)c1ccc(Oc2cccc(C(=O)NCCOCCOCCOCCOCCOCCNc3ncc(-c4ccc5c(n4)N(Cc4cccnc4C#N)C(C)(C)C5=O)cn3)c2)nc1)C(=O)O. The number of carboxylic acids is 1. The summed E-state index contributed by atoms with van der Waals surface area (Å²) in [6, 6.07) is 17.8. The number of pyridine rings is 3. The minimum Gasteiger partial charge on any atom is -0.480 e. The molecule has 2 amide bonds. The first-order valence-electron chi connectivity index (χ1n) is 24.3. The second-order valence-electron chi connectivity index (χ2n) is 18.7. The van der Waals surface area contributed by atoms with E-state index in [1.807, 2.05) is 45.6 Å². The number of carboxylic acid groups (broad SMARTS) is 1. The number of rotatable bonds is 30. The van der Waals surface area contributed by atoms with Crippen LogP contribution in [0.4, 0.5) is 11.8 Å². The number of amides is 2. The number of carbonyl (C=O) groups excluding carboxylic acids is 3. The predicted octanol–water partition coefficient (Wildman–Crippen LogP) is 5.91. The first-order chi connectivity index (χ1) is 35.6. The van der Waals surface area contributed by atoms with Gasteiger partial charge in [-0.05, 0) is 74.6 Å². The van der Waals surface area contributed by atoms with Crippen molar-refractivity contribution >= 4 is 35.3 Å². The highest BCUT2D eigenvalue weighted by atomic mass is 16.6. The lowest BCUT2D eigenvalue weighted by Crippen LogP contribution is -2.44. The molecule has 0 spiro atoms. The van der Waals surface area contributed by atoms with Crippen LogP contribution in [-0.4, -0.2) is 144 Å². The van der Waals surface area contributed by atoms with E-state index in [0.29, 0.717) is 137 Å². The Labute approximate surface area is 430 Å². The lowest BCUT2D eigenvalue weighted by atomic mass is 9.88. The average molecular weight is 1020 g/mol. The lowest BCUT2D eigenvalue weighted by molar-refractivity contribution is -0.139. The van der Waals surface area contributed by atoms with Crippen LogP contribution in [0.1, 0.15) is 89.8 Å². The summed E-state index contributed by atoms with van der Waals surface area (Å²) in [5, 5.41) is 27.6. The predicted molar refractivity (Wildman–Crippen MR) is 272 cm³/mol. The summed E-state index contributed by atoms with van der Waals surface area (Å²) in [5.74, 6) is -0.473. The van der Waals surface area contributed by atoms with Crippen LogP contribution in [0.15, 0.2) is 85.5 Å². The molecule has 5 aromatic rings. The van der Waals surface area contributed by atoms with Gasteiger partial charge in [-0.1, -0.05) is 32.9 Å². The summed E-state index contributed by atoms with van der Waals surface area (Å²) in [5.41, 5.74) is 2.47. The minimum absolute atomic E-state index is 0.0452. The molecule has 1 aliphatic rings. The highest BCUT2D eigenvalue weighted by Gasteiger charge is 2.45. The van der Waals surface area contributed by atoms with Crippen LogP contribution in [0.3, 0.4) is 0 Å². The molecular weight excluding hydrogens is 953 g/mol. The molecule has 21 heteroatoms. The largest absolute Gasteiger partial charge is 0.480 e. The topological polar surface area (TPSA) is 271 Å². The summed E-state index contributed by atoms with van der Waals surface area (Å²) in [6.45, 7) is 14.7. The van der Waals surface area contributed by atoms with Crippen LogP contribution in [0.25, 0.3) is 11.3 Å². The summed E-state index contributed by atoms with van der Waals surface area (Å²) in [4.78, 5) is 74.4. The first kappa shape index (κ1) is 55.8. The molecule has 0 saturated carbocycles. The molecule has 0 aliphatic carbocycles. The van der Waals surface area contributed by atoms with E-state index >= 15 is 0 Å². The van der Waals surface area contributed by atoms with Gasteiger partial charge in [0.25, 0.3) is 11.8 Å². The Hall–Kier alpha value is -7.48. The quantitative estimate of drug-likeness (QED) is 0.0389. The normalized spacial score (nSPS) is 13.2. The summed E-state index contributed by atoms with van der Waals surface area (Å²) >= 11 is 0. The molecule has 0 bridgehead atoms. The number of anilines is 2. The van der Waals surface area contributed by atoms with Gasteiger partial charge >= 0.3 is 5.97 Å². The lowest BCUT2D eigenvalue weighted by Gasteiger charge is -2.32. The number of carbonyl (C=O) groups is 4. The molecule has 74 heavy (non-hydrogen) atoms. The molecule has 5 heterocycles. The van der Waals surface area contributed by atoms with E-state index in [2.05, 4.69) is 42.0 Å². The van der Waals surface area contributed by atoms with Crippen molar-refractivity contribution in [3.63, 3.8) is 0 Å². The molecule has 0 fully saturated rings. The maximum Gasteiger partial charge on any atom is 0.326 e. The number of ether oxygens (including phenoxy) is 6. The van der Waals surface area contributed by atoms with Crippen molar-refractivity contribution < 1.29 is 52.7 Å². The van der Waals surface area contributed by atoms with Gasteiger partial charge in [-0.15, -0.1) is 0 Å². The summed E-state index contributed by atoms with van der Waals surface area (Å²) < 4.78 is 33.7. The fourth-order valence-corrected chi connectivity index (χ4v) is 7.40. The van der Waals surface area contributed by atoms with E-state index in [4.69, 9.17) is 33.4 Å². The van der Waals surface area contributed by atoms with Gasteiger partial charge in [-0.25, -0.2) is 29.7 Å². The van der Waals surface area contributed by atoms with Crippen LogP contribution >= 0.6 is 0 Å². The fraction of sp³-hybridized carbons (Fsp3) is 0.434. The van der Waals surface area contributed by atoms with Crippen LogP contribution in [0.5, 0.6) is 11.6 Å². The van der Waals surface area contributed by atoms with E-state index in [0.717, 1.165) is 0 Å². The Morgan fingerprint density at radius 3 is 2.05 bits per heavy atom. The van der Waals surface area contributed by atoms with Gasteiger partial charge in [0.1, 0.15) is 29.4 Å². The molecule has 1 aliphatic heterocycles. The van der Waals surface area contributed by atoms with Crippen LogP contribution in [0.2, 0.25) is 0 Å². The summed E-state index contributed by atoms with van der Waals surface area (Å²) in [7, 11) is 0. The molecule has 6 rings (SSSR count). The van der Waals surface area contributed by atoms with Gasteiger partial charge in [0.2, 0.25) is 11.8 Å². The van der Waals surface area contributed by atoms with Crippen LogP contribution in [-0.2, 0) is 35.0 Å². The number of ketones is 1. The number of nitrogens with zero attached hydrogens (tertiary/aromatic N) is 7. The van der Waals surface area contributed by atoms with E-state index in [1.165, 1.54) is 18.3 Å². The maximum atomic E-state index is 13.3. The van der Waals surface area contributed by atoms with Crippen LogP contribution in [0, 0.1) is 16.7 Å². The maximum absolute atomic E-state index is 13.3. The monoisotopic (exact) mass is 1020 g/mol. The second kappa shape index (κ2) is 27.5. The molecule has 0 saturated heterocycles. The zero-order chi connectivity index (χ0) is 52.9. The molecular formula is C53H64N10O11. The van der Waals surface area contributed by atoms with E-state index in [1.54, 1.807) is 61.1 Å². The number of fused-ring (bicyclic) bond motifs is 1. The van der Waals surface area contributed by atoms with Gasteiger partial charge in [0.05, 0.1) is 88.4 Å². The highest BCUT2D eigenvalue weighted by molar-refractivity contribution is 6.13. The fourth-order valence-electron chi connectivity index (χ4n) is 7.40. The molecule has 4 N–H and O–H groups in total. The van der Waals surface area contributed by atoms with Gasteiger partial charge in [-0.3, -0.25) is 14.4 Å². The number of nitriles is 1. The molecule has 0 unspecified atom stereocenters. The number of aliphatic carboxylic acids is 1. The molecule has 392 valence electrons. The molecule has 0 radical (unpaired) electrons. The number of hydrogen-bond acceptors (Lipinski definition) is 18. The standard InChI is InChI=1S/C53H64N10O11/c1-52(2,3)16-15-43(50(67)68)62-49(66)37-11-14-45(58-32-37)74-40-10-6-8-36(30-40)48(65)56-18-20-69-22-24-71-26-28-73-29-27-72-25-23-70-21-19-57-51-59-33-39(34-60-51)42-13-12-41-46(64)53(4,5)63(47(41)61-42)35-38-9-7-17-55-44(38)31-54/h6-14,17,30,32-34,43H,15-16,18-29,35H2,1-5H3,(H,56,65)(H,62,66)(H,67,68)(H,57,59,60)/t43-/m0/s1. The van der Waals surface area contributed by atoms with Crippen molar-refractivity contribution in [2.45, 2.75) is 65.6 Å². The minimum atomic E-state index is -1.10. The molecule has 1 atom stereocenters. The third-order valence-corrected chi connectivity index (χ3v) is 11.5. The van der Waals surface area contributed by atoms with E-state index in [9.17, 15) is 29.5 Å². The third kappa shape index (κ3) is 16.8. The zero-order valence-electron chi connectivity index (χ0n) is 42.4. The molecule has 21 nitrogen and oxygen atoms in total. The summed E-state index contributed by atoms with van der Waals surface area (Å²) in [6.07, 6.45) is 7.14.